The van der Waals surface area contributed by atoms with Crippen LogP contribution in [-0.2, 0) is 11.2 Å². The van der Waals surface area contributed by atoms with E-state index in [1.54, 1.807) is 19.1 Å². The Morgan fingerprint density at radius 2 is 1.36 bits per heavy atom. The van der Waals surface area contributed by atoms with Crippen molar-refractivity contribution < 1.29 is 9.53 Å². The lowest BCUT2D eigenvalue weighted by molar-refractivity contribution is -0.130. The lowest BCUT2D eigenvalue weighted by Gasteiger charge is -2.06. The Bertz CT molecular complexity index is 943. The second-order valence-electron chi connectivity index (χ2n) is 9.87. The first-order valence-corrected chi connectivity index (χ1v) is 14.0. The smallest absolute Gasteiger partial charge is 0.339 e. The molecule has 2 rings (SSSR count). The fourth-order valence-corrected chi connectivity index (χ4v) is 4.01. The first kappa shape index (κ1) is 29.5. The van der Waals surface area contributed by atoms with Crippen LogP contribution in [0, 0.1) is 0 Å². The number of aromatic nitrogens is 2. The van der Waals surface area contributed by atoms with E-state index in [1.807, 2.05) is 36.7 Å². The minimum absolute atomic E-state index is 0.334. The van der Waals surface area contributed by atoms with Crippen molar-refractivity contribution in [2.75, 3.05) is 0 Å². The maximum absolute atomic E-state index is 12.4. The summed E-state index contributed by atoms with van der Waals surface area (Å²) in [4.78, 5) is 21.5. The molecule has 196 valence electrons. The van der Waals surface area contributed by atoms with Gasteiger partial charge in [-0.1, -0.05) is 89.4 Å². The van der Waals surface area contributed by atoms with Gasteiger partial charge >= 0.3 is 5.97 Å². The largest absolute Gasteiger partial charge is 0.423 e. The van der Waals surface area contributed by atoms with Crippen LogP contribution in [-0.4, -0.2) is 15.9 Å². The van der Waals surface area contributed by atoms with Gasteiger partial charge in [0.2, 0.25) is 0 Å². The summed E-state index contributed by atoms with van der Waals surface area (Å²) in [6.45, 7) is 8.32. The van der Waals surface area contributed by atoms with Gasteiger partial charge in [-0.25, -0.2) is 14.8 Å². The number of carbonyl (C=O) groups excluding carboxylic acids is 1. The van der Waals surface area contributed by atoms with Gasteiger partial charge in [0.05, 0.1) is 0 Å². The Labute approximate surface area is 219 Å². The third-order valence-electron chi connectivity index (χ3n) is 6.46. The number of ether oxygens (including phenoxy) is 1. The predicted octanol–water partition coefficient (Wildman–Crippen LogP) is 9.21. The number of carbonyl (C=O) groups is 1. The second kappa shape index (κ2) is 17.6. The van der Waals surface area contributed by atoms with Gasteiger partial charge in [-0.3, -0.25) is 0 Å². The third kappa shape index (κ3) is 11.8. The molecule has 0 saturated heterocycles. The molecular formula is C32H46N2O2. The molecule has 0 aliphatic carbocycles. The quantitative estimate of drug-likeness (QED) is 0.0729. The first-order valence-electron chi connectivity index (χ1n) is 14.0. The van der Waals surface area contributed by atoms with E-state index in [9.17, 15) is 4.79 Å². The molecule has 0 amide bonds. The lowest BCUT2D eigenvalue weighted by atomic mass is 10.1. The van der Waals surface area contributed by atoms with E-state index >= 15 is 0 Å². The van der Waals surface area contributed by atoms with Gasteiger partial charge in [0.1, 0.15) is 5.75 Å². The minimum atomic E-state index is -0.334. The van der Waals surface area contributed by atoms with Gasteiger partial charge in [-0.2, -0.15) is 0 Å². The van der Waals surface area contributed by atoms with E-state index in [4.69, 9.17) is 4.74 Å². The maximum Gasteiger partial charge on any atom is 0.339 e. The van der Waals surface area contributed by atoms with Crippen LogP contribution in [0.4, 0.5) is 0 Å². The highest BCUT2D eigenvalue weighted by Gasteiger charge is 2.08. The highest BCUT2D eigenvalue weighted by molar-refractivity contribution is 5.89. The number of hydrogen-bond donors (Lipinski definition) is 0. The molecule has 1 aromatic heterocycles. The van der Waals surface area contributed by atoms with E-state index in [-0.39, 0.29) is 5.97 Å². The Balaban J connectivity index is 1.76. The second-order valence-corrected chi connectivity index (χ2v) is 9.87. The van der Waals surface area contributed by atoms with Crippen LogP contribution >= 0.6 is 0 Å². The summed E-state index contributed by atoms with van der Waals surface area (Å²) in [7, 11) is 0. The zero-order valence-corrected chi connectivity index (χ0v) is 23.0. The van der Waals surface area contributed by atoms with Crippen LogP contribution in [0.5, 0.6) is 5.75 Å². The van der Waals surface area contributed by atoms with Gasteiger partial charge < -0.3 is 4.74 Å². The number of benzene rings is 1. The first-order chi connectivity index (χ1) is 17.5. The molecule has 36 heavy (non-hydrogen) atoms. The van der Waals surface area contributed by atoms with Crippen molar-refractivity contribution in [2.45, 2.75) is 111 Å². The number of hydrogen-bond acceptors (Lipinski definition) is 4. The Morgan fingerprint density at radius 1 is 0.778 bits per heavy atom. The Morgan fingerprint density at radius 3 is 1.97 bits per heavy atom. The minimum Gasteiger partial charge on any atom is -0.423 e. The van der Waals surface area contributed by atoms with Crippen LogP contribution in [0.25, 0.3) is 11.4 Å². The summed E-state index contributed by atoms with van der Waals surface area (Å²) in [5, 5.41) is 0. The molecule has 4 nitrogen and oxygen atoms in total. The molecule has 0 unspecified atom stereocenters. The van der Waals surface area contributed by atoms with Crippen molar-refractivity contribution in [1.29, 1.82) is 0 Å². The van der Waals surface area contributed by atoms with Crippen molar-refractivity contribution in [3.05, 3.63) is 65.5 Å². The molecule has 1 aromatic carbocycles. The Kier molecular flexibility index (Phi) is 14.4. The molecule has 1 heterocycles. The molecular weight excluding hydrogens is 444 g/mol. The summed E-state index contributed by atoms with van der Waals surface area (Å²) < 4.78 is 5.52. The SMILES string of the molecule is CCCCCCCCCCCc1cnc(-c2ccc(OC(=O)C(C)=CC=C(C)CCCC)cc2)nc1. The molecule has 0 aliphatic rings. The highest BCUT2D eigenvalue weighted by atomic mass is 16.5. The average molecular weight is 491 g/mol. The van der Waals surface area contributed by atoms with Gasteiger partial charge in [0, 0.05) is 23.5 Å². The summed E-state index contributed by atoms with van der Waals surface area (Å²) in [6, 6.07) is 7.38. The van der Waals surface area contributed by atoms with E-state index in [2.05, 4.69) is 30.7 Å². The molecule has 0 bridgehead atoms. The summed E-state index contributed by atoms with van der Waals surface area (Å²) in [5.74, 6) is 0.872. The molecule has 2 aromatic rings. The number of unbranched alkanes of at least 4 members (excludes halogenated alkanes) is 9. The standard InChI is InChI=1S/C32H46N2O2/c1-5-7-9-10-11-12-13-14-15-17-28-24-33-31(34-25-28)29-20-22-30(23-21-29)36-32(35)27(4)19-18-26(3)16-8-6-2/h18-25H,5-17H2,1-4H3. The summed E-state index contributed by atoms with van der Waals surface area (Å²) in [5.41, 5.74) is 3.95. The lowest BCUT2D eigenvalue weighted by Crippen LogP contribution is -2.09. The molecule has 0 atom stereocenters. The number of rotatable bonds is 17. The van der Waals surface area contributed by atoms with Crippen LogP contribution in [0.15, 0.2) is 60.0 Å². The molecule has 4 heteroatoms. The average Bonchev–Trinajstić information content (AvgIpc) is 2.90. The van der Waals surface area contributed by atoms with E-state index in [1.165, 1.54) is 75.3 Å². The monoisotopic (exact) mass is 490 g/mol. The number of allylic oxidation sites excluding steroid dienone is 3. The summed E-state index contributed by atoms with van der Waals surface area (Å²) >= 11 is 0. The number of aryl methyl sites for hydroxylation is 1. The van der Waals surface area contributed by atoms with Gasteiger partial charge in [0.25, 0.3) is 0 Å². The van der Waals surface area contributed by atoms with Crippen LogP contribution in [0.2, 0.25) is 0 Å². The van der Waals surface area contributed by atoms with Crippen molar-refractivity contribution in [2.24, 2.45) is 0 Å². The number of esters is 1. The van der Waals surface area contributed by atoms with Gasteiger partial charge in [-0.05, 0) is 69.4 Å². The summed E-state index contributed by atoms with van der Waals surface area (Å²) in [6.07, 6.45) is 24.1. The van der Waals surface area contributed by atoms with Crippen LogP contribution in [0.3, 0.4) is 0 Å². The zero-order chi connectivity index (χ0) is 26.0. The molecule has 0 N–H and O–H groups in total. The third-order valence-corrected chi connectivity index (χ3v) is 6.46. The molecule has 0 aliphatic heterocycles. The van der Waals surface area contributed by atoms with Crippen molar-refractivity contribution in [1.82, 2.24) is 9.97 Å². The van der Waals surface area contributed by atoms with Crippen molar-refractivity contribution >= 4 is 5.97 Å². The number of nitrogens with zero attached hydrogens (tertiary/aromatic N) is 2. The maximum atomic E-state index is 12.4. The zero-order valence-electron chi connectivity index (χ0n) is 23.0. The van der Waals surface area contributed by atoms with E-state index in [0.717, 1.165) is 24.8 Å². The molecule has 0 radical (unpaired) electrons. The molecule has 0 spiro atoms. The highest BCUT2D eigenvalue weighted by Crippen LogP contribution is 2.20. The van der Waals surface area contributed by atoms with Crippen molar-refractivity contribution in [3.8, 4) is 17.1 Å². The van der Waals surface area contributed by atoms with Gasteiger partial charge in [-0.15, -0.1) is 0 Å². The molecule has 0 saturated carbocycles. The van der Waals surface area contributed by atoms with E-state index in [0.29, 0.717) is 17.1 Å². The normalized spacial score (nSPS) is 12.1. The van der Waals surface area contributed by atoms with Crippen molar-refractivity contribution in [3.63, 3.8) is 0 Å². The predicted molar refractivity (Wildman–Crippen MR) is 151 cm³/mol. The fraction of sp³-hybridized carbons (Fsp3) is 0.531. The Hall–Kier alpha value is -2.75. The van der Waals surface area contributed by atoms with Gasteiger partial charge in [0.15, 0.2) is 5.82 Å². The topological polar surface area (TPSA) is 52.1 Å². The van der Waals surface area contributed by atoms with E-state index < -0.39 is 0 Å². The van der Waals surface area contributed by atoms with Crippen LogP contribution < -0.4 is 4.74 Å². The fourth-order valence-electron chi connectivity index (χ4n) is 4.01. The molecule has 0 fully saturated rings. The van der Waals surface area contributed by atoms with Crippen LogP contribution in [0.1, 0.15) is 110 Å².